The van der Waals surface area contributed by atoms with Crippen LogP contribution in [0.25, 0.3) is 21.5 Å². The number of aryl methyl sites for hydroxylation is 1. The molecular formula is C33H39F3N8O3S. The van der Waals surface area contributed by atoms with Crippen LogP contribution in [-0.2, 0) is 22.3 Å². The molecule has 0 radical (unpaired) electrons. The van der Waals surface area contributed by atoms with E-state index in [0.29, 0.717) is 61.9 Å². The standard InChI is InChI=1S/C33H39F3N8O3S/c1-3-14-43-16-9-24(10-17-43)33(35,36)28-8-6-7-25(29(28)34)22(2)41-30-27-20-26(23-11-18-48(46,47)19-12-23)32(45)44(31(27)39-21-38-30)15-5-4-13-40-42-37/h1,6-8,20-24H,4-5,9-19H2,2H3,(H,38,39,41). The number of alkyl halides is 2. The molecule has 0 saturated carbocycles. The predicted molar refractivity (Wildman–Crippen MR) is 178 cm³/mol. The van der Waals surface area contributed by atoms with Gasteiger partial charge in [0.2, 0.25) is 0 Å². The summed E-state index contributed by atoms with van der Waals surface area (Å²) in [6.07, 6.45) is 8.66. The minimum absolute atomic E-state index is 0.0288. The summed E-state index contributed by atoms with van der Waals surface area (Å²) in [6.45, 7) is 3.39. The highest BCUT2D eigenvalue weighted by Crippen LogP contribution is 2.43. The van der Waals surface area contributed by atoms with Crippen LogP contribution in [0.5, 0.6) is 0 Å². The Kier molecular flexibility index (Phi) is 11.0. The molecule has 1 atom stereocenters. The SMILES string of the molecule is C#CCN1CCC(C(F)(F)c2cccc(C(C)Nc3ncnc4c3cc(C3CCS(=O)(=O)CC3)c(=O)n4CCCCN=[N+]=[N-])c2F)CC1. The van der Waals surface area contributed by atoms with Gasteiger partial charge in [-0.3, -0.25) is 14.3 Å². The van der Waals surface area contributed by atoms with Crippen LogP contribution in [-0.4, -0.2) is 65.5 Å². The van der Waals surface area contributed by atoms with E-state index in [9.17, 15) is 13.2 Å². The van der Waals surface area contributed by atoms with Crippen LogP contribution in [0.15, 0.2) is 40.5 Å². The first kappa shape index (κ1) is 35.2. The number of rotatable bonds is 12. The van der Waals surface area contributed by atoms with E-state index in [2.05, 4.69) is 31.2 Å². The van der Waals surface area contributed by atoms with Crippen molar-refractivity contribution in [3.05, 3.63) is 73.9 Å². The number of halogens is 3. The van der Waals surface area contributed by atoms with E-state index in [-0.39, 0.29) is 60.3 Å². The Morgan fingerprint density at radius 1 is 1.19 bits per heavy atom. The van der Waals surface area contributed by atoms with Gasteiger partial charge in [0.25, 0.3) is 11.5 Å². The van der Waals surface area contributed by atoms with Crippen molar-refractivity contribution in [1.82, 2.24) is 19.4 Å². The second-order valence-corrected chi connectivity index (χ2v) is 14.9. The van der Waals surface area contributed by atoms with Crippen LogP contribution in [0, 0.1) is 24.1 Å². The molecule has 5 rings (SSSR count). The molecule has 2 aromatic heterocycles. The van der Waals surface area contributed by atoms with Crippen molar-refractivity contribution in [3.8, 4) is 12.3 Å². The zero-order valence-corrected chi connectivity index (χ0v) is 27.6. The number of anilines is 1. The van der Waals surface area contributed by atoms with Gasteiger partial charge >= 0.3 is 0 Å². The van der Waals surface area contributed by atoms with Crippen molar-refractivity contribution < 1.29 is 21.6 Å². The van der Waals surface area contributed by atoms with E-state index >= 15 is 13.2 Å². The molecular weight excluding hydrogens is 645 g/mol. The molecule has 3 aromatic rings. The van der Waals surface area contributed by atoms with Gasteiger partial charge in [0.15, 0.2) is 0 Å². The third-order valence-electron chi connectivity index (χ3n) is 9.48. The van der Waals surface area contributed by atoms with Gasteiger partial charge in [0.1, 0.15) is 33.4 Å². The van der Waals surface area contributed by atoms with Crippen molar-refractivity contribution >= 4 is 26.7 Å². The Bertz CT molecular complexity index is 1880. The maximum Gasteiger partial charge on any atom is 0.278 e. The zero-order chi connectivity index (χ0) is 34.5. The Morgan fingerprint density at radius 2 is 1.92 bits per heavy atom. The summed E-state index contributed by atoms with van der Waals surface area (Å²) in [5.74, 6) is -2.96. The Morgan fingerprint density at radius 3 is 2.60 bits per heavy atom. The van der Waals surface area contributed by atoms with Crippen molar-refractivity contribution in [2.75, 3.05) is 43.0 Å². The van der Waals surface area contributed by atoms with E-state index in [1.807, 2.05) is 4.90 Å². The maximum atomic E-state index is 16.0. The van der Waals surface area contributed by atoms with Crippen molar-refractivity contribution in [2.24, 2.45) is 11.0 Å². The highest BCUT2D eigenvalue weighted by Gasteiger charge is 2.45. The lowest BCUT2D eigenvalue weighted by molar-refractivity contribution is -0.0871. The first-order valence-electron chi connectivity index (χ1n) is 16.2. The minimum Gasteiger partial charge on any atom is -0.363 e. The van der Waals surface area contributed by atoms with Gasteiger partial charge in [0.05, 0.1) is 35.0 Å². The molecule has 1 N–H and O–H groups in total. The highest BCUT2D eigenvalue weighted by molar-refractivity contribution is 7.91. The smallest absolute Gasteiger partial charge is 0.278 e. The number of pyridine rings is 1. The summed E-state index contributed by atoms with van der Waals surface area (Å²) in [5.41, 5.74) is 8.43. The molecule has 0 spiro atoms. The molecule has 2 saturated heterocycles. The summed E-state index contributed by atoms with van der Waals surface area (Å²) in [7, 11) is -3.18. The molecule has 0 aliphatic carbocycles. The first-order chi connectivity index (χ1) is 23.0. The van der Waals surface area contributed by atoms with Gasteiger partial charge in [0, 0.05) is 35.0 Å². The number of piperidine rings is 1. The monoisotopic (exact) mass is 684 g/mol. The second kappa shape index (κ2) is 15.0. The van der Waals surface area contributed by atoms with Gasteiger partial charge in [-0.05, 0) is 76.1 Å². The number of aromatic nitrogens is 3. The first-order valence-corrected chi connectivity index (χ1v) is 18.0. The number of fused-ring (bicyclic) bond motifs is 1. The average Bonchev–Trinajstić information content (AvgIpc) is 3.06. The van der Waals surface area contributed by atoms with E-state index in [1.54, 1.807) is 13.0 Å². The predicted octanol–water partition coefficient (Wildman–Crippen LogP) is 5.92. The lowest BCUT2D eigenvalue weighted by Gasteiger charge is -2.35. The Balaban J connectivity index is 1.47. The number of unbranched alkanes of at least 4 members (excludes halogenated alkanes) is 1. The van der Waals surface area contributed by atoms with Crippen LogP contribution < -0.4 is 10.9 Å². The number of hydrogen-bond donors (Lipinski definition) is 1. The van der Waals surface area contributed by atoms with Crippen molar-refractivity contribution in [1.29, 1.82) is 0 Å². The number of azide groups is 1. The molecule has 2 fully saturated rings. The zero-order valence-electron chi connectivity index (χ0n) is 26.8. The van der Waals surface area contributed by atoms with Crippen LogP contribution >= 0.6 is 0 Å². The summed E-state index contributed by atoms with van der Waals surface area (Å²) in [5, 5.41) is 7.17. The topological polar surface area (TPSA) is 146 Å². The Labute approximate surface area is 277 Å². The fourth-order valence-electron chi connectivity index (χ4n) is 6.74. The largest absolute Gasteiger partial charge is 0.363 e. The number of likely N-dealkylation sites (tertiary alicyclic amines) is 1. The fourth-order valence-corrected chi connectivity index (χ4v) is 8.24. The molecule has 2 aliphatic rings. The van der Waals surface area contributed by atoms with Crippen LogP contribution in [0.1, 0.15) is 74.1 Å². The number of nitrogens with zero attached hydrogens (tertiary/aromatic N) is 7. The number of benzene rings is 1. The molecule has 48 heavy (non-hydrogen) atoms. The van der Waals surface area contributed by atoms with E-state index in [1.165, 1.54) is 23.0 Å². The Hall–Kier alpha value is -4.12. The molecule has 15 heteroatoms. The van der Waals surface area contributed by atoms with Crippen molar-refractivity contribution in [3.63, 3.8) is 0 Å². The molecule has 2 aliphatic heterocycles. The summed E-state index contributed by atoms with van der Waals surface area (Å²) >= 11 is 0. The lowest BCUT2D eigenvalue weighted by Crippen LogP contribution is -2.40. The number of nitrogens with one attached hydrogen (secondary N) is 1. The van der Waals surface area contributed by atoms with Gasteiger partial charge in [-0.25, -0.2) is 31.6 Å². The molecule has 1 aromatic carbocycles. The normalized spacial score (nSPS) is 18.2. The third kappa shape index (κ3) is 7.61. The quantitative estimate of drug-likeness (QED) is 0.0819. The maximum absolute atomic E-state index is 16.0. The fraction of sp³-hybridized carbons (Fsp3) is 0.545. The molecule has 256 valence electrons. The van der Waals surface area contributed by atoms with E-state index in [0.717, 1.165) is 6.07 Å². The van der Waals surface area contributed by atoms with Crippen LogP contribution in [0.3, 0.4) is 0 Å². The average molecular weight is 685 g/mol. The number of sulfone groups is 1. The van der Waals surface area contributed by atoms with Gasteiger partial charge in [-0.1, -0.05) is 29.2 Å². The molecule has 4 heterocycles. The summed E-state index contributed by atoms with van der Waals surface area (Å²) < 4.78 is 73.3. The molecule has 0 bridgehead atoms. The lowest BCUT2D eigenvalue weighted by atomic mass is 9.85. The minimum atomic E-state index is -3.39. The molecule has 0 amide bonds. The molecule has 1 unspecified atom stereocenters. The summed E-state index contributed by atoms with van der Waals surface area (Å²) in [6, 6.07) is 4.88. The number of terminal acetylenes is 1. The van der Waals surface area contributed by atoms with Crippen molar-refractivity contribution in [2.45, 2.75) is 69.9 Å². The second-order valence-electron chi connectivity index (χ2n) is 12.6. The van der Waals surface area contributed by atoms with Crippen LogP contribution in [0.4, 0.5) is 19.0 Å². The third-order valence-corrected chi connectivity index (χ3v) is 11.2. The number of hydrogen-bond acceptors (Lipinski definition) is 8. The van der Waals surface area contributed by atoms with Crippen LogP contribution in [0.2, 0.25) is 0 Å². The summed E-state index contributed by atoms with van der Waals surface area (Å²) in [4.78, 5) is 27.3. The van der Waals surface area contributed by atoms with E-state index < -0.39 is 39.1 Å². The molecule has 11 nitrogen and oxygen atoms in total. The highest BCUT2D eigenvalue weighted by atomic mass is 32.2. The van der Waals surface area contributed by atoms with E-state index in [4.69, 9.17) is 12.0 Å². The van der Waals surface area contributed by atoms with Gasteiger partial charge < -0.3 is 5.32 Å². The van der Waals surface area contributed by atoms with Gasteiger partial charge in [-0.2, -0.15) is 0 Å². The van der Waals surface area contributed by atoms with Gasteiger partial charge in [-0.15, -0.1) is 6.42 Å².